The Balaban J connectivity index is 1.73. The molecule has 2 aliphatic rings. The van der Waals surface area contributed by atoms with Crippen LogP contribution in [0.3, 0.4) is 0 Å². The van der Waals surface area contributed by atoms with Crippen LogP contribution < -0.4 is 5.32 Å². The molecule has 0 radical (unpaired) electrons. The van der Waals surface area contributed by atoms with E-state index in [1.54, 1.807) is 0 Å². The summed E-state index contributed by atoms with van der Waals surface area (Å²) in [5.41, 5.74) is 1.86. The predicted molar refractivity (Wildman–Crippen MR) is 91.2 cm³/mol. The second-order valence-corrected chi connectivity index (χ2v) is 8.57. The largest absolute Gasteiger partial charge is 0.316 e. The topological polar surface area (TPSA) is 24.9 Å². The van der Waals surface area contributed by atoms with E-state index in [1.807, 2.05) is 6.20 Å². The highest BCUT2D eigenvalue weighted by atomic mass is 79.9. The molecule has 0 aromatic carbocycles. The minimum absolute atomic E-state index is 0.473. The Morgan fingerprint density at radius 2 is 2.24 bits per heavy atom. The molecule has 116 valence electrons. The van der Waals surface area contributed by atoms with Gasteiger partial charge in [-0.1, -0.05) is 20.3 Å². The molecule has 1 aromatic rings. The lowest BCUT2D eigenvalue weighted by molar-refractivity contribution is 0.154. The number of halogens is 1. The van der Waals surface area contributed by atoms with Crippen LogP contribution in [-0.2, 0) is 6.42 Å². The summed E-state index contributed by atoms with van der Waals surface area (Å²) in [7, 11) is 0. The fourth-order valence-corrected chi connectivity index (χ4v) is 5.03. The van der Waals surface area contributed by atoms with Gasteiger partial charge in [0.15, 0.2) is 0 Å². The number of fused-ring (bicyclic) bond motifs is 2. The molecule has 1 aromatic heterocycles. The maximum Gasteiger partial charge on any atom is 0.0410 e. The van der Waals surface area contributed by atoms with Gasteiger partial charge >= 0.3 is 0 Å². The van der Waals surface area contributed by atoms with Crippen LogP contribution in [0.25, 0.3) is 0 Å². The molecule has 0 spiro atoms. The van der Waals surface area contributed by atoms with Gasteiger partial charge < -0.3 is 5.32 Å². The SMILES string of the molecule is CC(C)CNCC1(Cc2cncc(Br)c2)CC2CCC1C2. The highest BCUT2D eigenvalue weighted by Gasteiger charge is 2.50. The van der Waals surface area contributed by atoms with E-state index in [4.69, 9.17) is 0 Å². The van der Waals surface area contributed by atoms with Crippen molar-refractivity contribution in [1.82, 2.24) is 10.3 Å². The summed E-state index contributed by atoms with van der Waals surface area (Å²) in [6.45, 7) is 6.89. The average Bonchev–Trinajstić information content (AvgIpc) is 2.99. The smallest absolute Gasteiger partial charge is 0.0410 e. The van der Waals surface area contributed by atoms with Crippen LogP contribution in [0.1, 0.15) is 45.1 Å². The molecular weight excluding hydrogens is 324 g/mol. The van der Waals surface area contributed by atoms with Crippen LogP contribution in [0.4, 0.5) is 0 Å². The molecule has 3 heteroatoms. The molecule has 21 heavy (non-hydrogen) atoms. The number of pyridine rings is 1. The Morgan fingerprint density at radius 1 is 1.38 bits per heavy atom. The Bertz CT molecular complexity index is 488. The molecule has 3 unspecified atom stereocenters. The highest BCUT2D eigenvalue weighted by molar-refractivity contribution is 9.10. The van der Waals surface area contributed by atoms with Gasteiger partial charge in [-0.25, -0.2) is 0 Å². The first-order valence-corrected chi connectivity index (χ1v) is 9.17. The van der Waals surface area contributed by atoms with Gasteiger partial charge in [0.25, 0.3) is 0 Å². The molecule has 3 atom stereocenters. The van der Waals surface area contributed by atoms with Gasteiger partial charge in [0.1, 0.15) is 0 Å². The molecule has 1 heterocycles. The van der Waals surface area contributed by atoms with Gasteiger partial charge in [0.05, 0.1) is 0 Å². The van der Waals surface area contributed by atoms with Crippen molar-refractivity contribution in [1.29, 1.82) is 0 Å². The monoisotopic (exact) mass is 350 g/mol. The first-order chi connectivity index (χ1) is 10.1. The van der Waals surface area contributed by atoms with E-state index >= 15 is 0 Å². The third kappa shape index (κ3) is 3.50. The summed E-state index contributed by atoms with van der Waals surface area (Å²) in [6, 6.07) is 2.25. The van der Waals surface area contributed by atoms with Gasteiger partial charge in [0, 0.05) is 23.4 Å². The van der Waals surface area contributed by atoms with Crippen molar-refractivity contribution >= 4 is 15.9 Å². The van der Waals surface area contributed by atoms with Gasteiger partial charge in [0.2, 0.25) is 0 Å². The quantitative estimate of drug-likeness (QED) is 0.820. The zero-order chi connectivity index (χ0) is 14.9. The maximum absolute atomic E-state index is 4.36. The lowest BCUT2D eigenvalue weighted by Gasteiger charge is -2.38. The number of hydrogen-bond acceptors (Lipinski definition) is 2. The number of hydrogen-bond donors (Lipinski definition) is 1. The minimum atomic E-state index is 0.473. The molecule has 0 amide bonds. The van der Waals surface area contributed by atoms with Crippen molar-refractivity contribution in [3.05, 3.63) is 28.5 Å². The van der Waals surface area contributed by atoms with Crippen LogP contribution in [0.2, 0.25) is 0 Å². The Morgan fingerprint density at radius 3 is 2.86 bits per heavy atom. The van der Waals surface area contributed by atoms with E-state index in [2.05, 4.69) is 52.3 Å². The third-order valence-electron chi connectivity index (χ3n) is 5.45. The molecule has 2 bridgehead atoms. The number of rotatable bonds is 6. The molecule has 1 N–H and O–H groups in total. The first kappa shape index (κ1) is 15.5. The van der Waals surface area contributed by atoms with Crippen molar-refractivity contribution in [2.75, 3.05) is 13.1 Å². The van der Waals surface area contributed by atoms with E-state index in [0.717, 1.165) is 28.8 Å². The van der Waals surface area contributed by atoms with Crippen LogP contribution in [0.5, 0.6) is 0 Å². The fourth-order valence-electron chi connectivity index (χ4n) is 4.62. The van der Waals surface area contributed by atoms with Gasteiger partial charge in [-0.15, -0.1) is 0 Å². The van der Waals surface area contributed by atoms with Crippen LogP contribution in [0.15, 0.2) is 22.9 Å². The maximum atomic E-state index is 4.36. The minimum Gasteiger partial charge on any atom is -0.316 e. The lowest BCUT2D eigenvalue weighted by atomic mass is 9.69. The Hall–Kier alpha value is -0.410. The van der Waals surface area contributed by atoms with Crippen molar-refractivity contribution in [3.8, 4) is 0 Å². The molecular formula is C18H27BrN2. The molecule has 2 fully saturated rings. The van der Waals surface area contributed by atoms with Gasteiger partial charge in [-0.2, -0.15) is 0 Å². The predicted octanol–water partition coefficient (Wildman–Crippen LogP) is 4.44. The zero-order valence-corrected chi connectivity index (χ0v) is 14.8. The summed E-state index contributed by atoms with van der Waals surface area (Å²) < 4.78 is 1.11. The average molecular weight is 351 g/mol. The zero-order valence-electron chi connectivity index (χ0n) is 13.2. The highest BCUT2D eigenvalue weighted by Crippen LogP contribution is 2.57. The van der Waals surface area contributed by atoms with Crippen molar-refractivity contribution in [2.45, 2.75) is 46.0 Å². The summed E-state index contributed by atoms with van der Waals surface area (Å²) in [5, 5.41) is 3.76. The van der Waals surface area contributed by atoms with E-state index in [0.29, 0.717) is 5.41 Å². The normalized spacial score (nSPS) is 31.2. The second-order valence-electron chi connectivity index (χ2n) is 7.66. The molecule has 2 nitrogen and oxygen atoms in total. The summed E-state index contributed by atoms with van der Waals surface area (Å²) in [4.78, 5) is 4.36. The van der Waals surface area contributed by atoms with Gasteiger partial charge in [-0.3, -0.25) is 4.98 Å². The fraction of sp³-hybridized carbons (Fsp3) is 0.722. The number of nitrogens with one attached hydrogen (secondary N) is 1. The summed E-state index contributed by atoms with van der Waals surface area (Å²) in [6.07, 6.45) is 10.9. The van der Waals surface area contributed by atoms with Gasteiger partial charge in [-0.05, 0) is 83.0 Å². The molecule has 0 aliphatic heterocycles. The van der Waals surface area contributed by atoms with Crippen LogP contribution in [0, 0.1) is 23.2 Å². The van der Waals surface area contributed by atoms with E-state index in [-0.39, 0.29) is 0 Å². The standard InChI is InChI=1S/C18H27BrN2/c1-13(2)9-21-12-18(7-14-3-4-16(18)5-14)8-15-6-17(19)11-20-10-15/h6,10-11,13-14,16,21H,3-5,7-9,12H2,1-2H3. The summed E-state index contributed by atoms with van der Waals surface area (Å²) >= 11 is 3.56. The number of aromatic nitrogens is 1. The van der Waals surface area contributed by atoms with Crippen molar-refractivity contribution in [2.24, 2.45) is 23.2 Å². The Kier molecular flexibility index (Phi) is 4.70. The summed E-state index contributed by atoms with van der Waals surface area (Å²) in [5.74, 6) is 2.63. The third-order valence-corrected chi connectivity index (χ3v) is 5.88. The van der Waals surface area contributed by atoms with Crippen LogP contribution >= 0.6 is 15.9 Å². The van der Waals surface area contributed by atoms with E-state index in [9.17, 15) is 0 Å². The lowest BCUT2D eigenvalue weighted by Crippen LogP contribution is -2.41. The molecule has 2 aliphatic carbocycles. The number of nitrogens with zero attached hydrogens (tertiary/aromatic N) is 1. The molecule has 0 saturated heterocycles. The van der Waals surface area contributed by atoms with Crippen LogP contribution in [-0.4, -0.2) is 18.1 Å². The van der Waals surface area contributed by atoms with Crippen molar-refractivity contribution < 1.29 is 0 Å². The van der Waals surface area contributed by atoms with Crippen molar-refractivity contribution in [3.63, 3.8) is 0 Å². The van der Waals surface area contributed by atoms with E-state index in [1.165, 1.54) is 44.2 Å². The first-order valence-electron chi connectivity index (χ1n) is 8.37. The molecule has 3 rings (SSSR count). The van der Waals surface area contributed by atoms with E-state index < -0.39 is 0 Å². The molecule has 2 saturated carbocycles. The Labute approximate surface area is 137 Å². The second kappa shape index (κ2) is 6.37.